The molecule has 1 aliphatic carbocycles. The molecule has 2 N–H and O–H groups in total. The van der Waals surface area contributed by atoms with Crippen molar-refractivity contribution in [3.05, 3.63) is 65.9 Å². The van der Waals surface area contributed by atoms with Gasteiger partial charge in [0.25, 0.3) is 5.91 Å². The fourth-order valence-electron chi connectivity index (χ4n) is 4.80. The van der Waals surface area contributed by atoms with Gasteiger partial charge in [-0.1, -0.05) is 50.1 Å². The van der Waals surface area contributed by atoms with Crippen molar-refractivity contribution in [2.24, 2.45) is 5.92 Å². The molecule has 6 nitrogen and oxygen atoms in total. The van der Waals surface area contributed by atoms with Gasteiger partial charge in [-0.3, -0.25) is 9.59 Å². The number of rotatable bonds is 9. The molecule has 2 atom stereocenters. The van der Waals surface area contributed by atoms with Gasteiger partial charge in [-0.05, 0) is 55.5 Å². The fraction of sp³-hybridized carbons (Fsp3) is 0.429. The molecular weight excluding hydrogens is 426 g/mol. The van der Waals surface area contributed by atoms with E-state index in [4.69, 9.17) is 4.74 Å². The van der Waals surface area contributed by atoms with E-state index < -0.39 is 0 Å². The predicted octanol–water partition coefficient (Wildman–Crippen LogP) is 5.52. The topological polar surface area (TPSA) is 72.4 Å². The lowest BCUT2D eigenvalue weighted by Gasteiger charge is -2.27. The van der Waals surface area contributed by atoms with Gasteiger partial charge in [0.1, 0.15) is 5.69 Å². The highest BCUT2D eigenvalue weighted by Gasteiger charge is 2.27. The zero-order valence-corrected chi connectivity index (χ0v) is 20.2. The van der Waals surface area contributed by atoms with Crippen LogP contribution in [0.5, 0.6) is 0 Å². The highest BCUT2D eigenvalue weighted by atomic mass is 16.5. The highest BCUT2D eigenvalue weighted by molar-refractivity contribution is 6.00. The number of amides is 2. The summed E-state index contributed by atoms with van der Waals surface area (Å²) in [5.74, 6) is -0.0650. The lowest BCUT2D eigenvalue weighted by molar-refractivity contribution is -0.122. The number of ether oxygens (including phenoxy) is 1. The van der Waals surface area contributed by atoms with E-state index >= 15 is 0 Å². The van der Waals surface area contributed by atoms with Crippen LogP contribution in [0.3, 0.4) is 0 Å². The lowest BCUT2D eigenvalue weighted by Crippen LogP contribution is -2.30. The maximum atomic E-state index is 13.1. The maximum absolute atomic E-state index is 13.1. The van der Waals surface area contributed by atoms with E-state index in [1.54, 1.807) is 7.11 Å². The molecule has 2 unspecified atom stereocenters. The largest absolute Gasteiger partial charge is 0.381 e. The summed E-state index contributed by atoms with van der Waals surface area (Å²) in [5, 5.41) is 7.10. The summed E-state index contributed by atoms with van der Waals surface area (Å²) in [4.78, 5) is 26.0. The number of methoxy groups -OCH3 is 1. The first kappa shape index (κ1) is 24.0. The van der Waals surface area contributed by atoms with Crippen LogP contribution >= 0.6 is 0 Å². The Labute approximate surface area is 201 Å². The van der Waals surface area contributed by atoms with Crippen molar-refractivity contribution in [2.45, 2.75) is 64.6 Å². The Morgan fingerprint density at radius 1 is 1.09 bits per heavy atom. The Hall–Kier alpha value is -3.12. The van der Waals surface area contributed by atoms with Gasteiger partial charge < -0.3 is 19.9 Å². The van der Waals surface area contributed by atoms with Crippen LogP contribution in [0.1, 0.15) is 61.5 Å². The van der Waals surface area contributed by atoms with Crippen LogP contribution in [0, 0.1) is 5.92 Å². The Balaban J connectivity index is 1.52. The zero-order valence-electron chi connectivity index (χ0n) is 20.2. The highest BCUT2D eigenvalue weighted by Crippen LogP contribution is 2.29. The number of carbonyl (C=O) groups is 2. The Morgan fingerprint density at radius 2 is 1.91 bits per heavy atom. The van der Waals surface area contributed by atoms with Gasteiger partial charge in [-0.15, -0.1) is 0 Å². The third kappa shape index (κ3) is 5.68. The van der Waals surface area contributed by atoms with Crippen molar-refractivity contribution in [1.29, 1.82) is 0 Å². The molecule has 2 aromatic carbocycles. The molecule has 0 aliphatic heterocycles. The summed E-state index contributed by atoms with van der Waals surface area (Å²) >= 11 is 0. The second kappa shape index (κ2) is 11.3. The van der Waals surface area contributed by atoms with Gasteiger partial charge in [0.15, 0.2) is 0 Å². The number of aryl methyl sites for hydroxylation is 1. The molecule has 6 heteroatoms. The summed E-state index contributed by atoms with van der Waals surface area (Å²) in [5.41, 5.74) is 3.49. The van der Waals surface area contributed by atoms with Crippen molar-refractivity contribution < 1.29 is 14.3 Å². The van der Waals surface area contributed by atoms with Gasteiger partial charge in [0, 0.05) is 42.7 Å². The second-order valence-corrected chi connectivity index (χ2v) is 9.19. The van der Waals surface area contributed by atoms with Crippen molar-refractivity contribution in [3.63, 3.8) is 0 Å². The predicted molar refractivity (Wildman–Crippen MR) is 136 cm³/mol. The molecule has 1 aromatic heterocycles. The van der Waals surface area contributed by atoms with Crippen LogP contribution in [-0.4, -0.2) is 29.6 Å². The number of benzene rings is 2. The van der Waals surface area contributed by atoms with Crippen molar-refractivity contribution in [3.8, 4) is 0 Å². The van der Waals surface area contributed by atoms with Crippen LogP contribution in [0.4, 0.5) is 5.69 Å². The molecule has 2 amide bonds. The van der Waals surface area contributed by atoms with E-state index in [1.807, 2.05) is 54.6 Å². The monoisotopic (exact) mass is 461 g/mol. The van der Waals surface area contributed by atoms with Gasteiger partial charge in [-0.2, -0.15) is 0 Å². The Bertz CT molecular complexity index is 1120. The number of anilines is 1. The number of hydrogen-bond acceptors (Lipinski definition) is 3. The molecule has 3 aromatic rings. The van der Waals surface area contributed by atoms with E-state index in [0.29, 0.717) is 12.2 Å². The van der Waals surface area contributed by atoms with E-state index in [9.17, 15) is 9.59 Å². The second-order valence-electron chi connectivity index (χ2n) is 9.19. The zero-order chi connectivity index (χ0) is 23.9. The Kier molecular flexibility index (Phi) is 8.01. The average molecular weight is 462 g/mol. The summed E-state index contributed by atoms with van der Waals surface area (Å²) in [6.07, 6.45) is 5.89. The minimum Gasteiger partial charge on any atom is -0.381 e. The minimum atomic E-state index is -0.0884. The van der Waals surface area contributed by atoms with Gasteiger partial charge in [0.05, 0.1) is 6.10 Å². The van der Waals surface area contributed by atoms with Crippen LogP contribution in [0.2, 0.25) is 0 Å². The SMILES string of the molecule is CCCCn1c(C(=O)NCc2ccccc2)cc2cc(NC(=O)C3CCCC(OC)C3)ccc21. The first-order valence-electron chi connectivity index (χ1n) is 12.4. The van der Waals surface area contributed by atoms with E-state index in [0.717, 1.165) is 67.2 Å². The number of nitrogens with one attached hydrogen (secondary N) is 2. The summed E-state index contributed by atoms with van der Waals surface area (Å²) < 4.78 is 7.57. The molecule has 180 valence electrons. The quantitative estimate of drug-likeness (QED) is 0.441. The molecule has 34 heavy (non-hydrogen) atoms. The minimum absolute atomic E-state index is 0.0251. The van der Waals surface area contributed by atoms with Crippen LogP contribution in [0.25, 0.3) is 10.9 Å². The van der Waals surface area contributed by atoms with Gasteiger partial charge in [0.2, 0.25) is 5.91 Å². The third-order valence-corrected chi connectivity index (χ3v) is 6.76. The van der Waals surface area contributed by atoms with Crippen LogP contribution in [-0.2, 0) is 22.6 Å². The summed E-state index contributed by atoms with van der Waals surface area (Å²) in [6, 6.07) is 17.8. The molecule has 0 radical (unpaired) electrons. The molecule has 4 rings (SSSR count). The third-order valence-electron chi connectivity index (χ3n) is 6.76. The fourth-order valence-corrected chi connectivity index (χ4v) is 4.80. The molecule has 1 aliphatic rings. The van der Waals surface area contributed by atoms with Crippen molar-refractivity contribution in [1.82, 2.24) is 9.88 Å². The van der Waals surface area contributed by atoms with Gasteiger partial charge >= 0.3 is 0 Å². The molecule has 0 bridgehead atoms. The first-order chi connectivity index (χ1) is 16.6. The maximum Gasteiger partial charge on any atom is 0.268 e. The summed E-state index contributed by atoms with van der Waals surface area (Å²) in [6.45, 7) is 3.41. The number of unbranched alkanes of at least 4 members (excludes halogenated alkanes) is 1. The standard InChI is InChI=1S/C28H35N3O3/c1-3-4-15-31-25-14-13-23(30-27(32)21-11-8-12-24(17-21)34-2)16-22(25)18-26(31)28(33)29-19-20-9-6-5-7-10-20/h5-7,9-10,13-14,16,18,21,24H,3-4,8,11-12,15,17,19H2,1-2H3,(H,29,33)(H,30,32). The molecule has 0 spiro atoms. The number of carbonyl (C=O) groups excluding carboxylic acids is 2. The number of aromatic nitrogens is 1. The summed E-state index contributed by atoms with van der Waals surface area (Å²) in [7, 11) is 1.72. The molecule has 1 heterocycles. The average Bonchev–Trinajstić information content (AvgIpc) is 3.24. The van der Waals surface area contributed by atoms with E-state index in [-0.39, 0.29) is 23.8 Å². The van der Waals surface area contributed by atoms with E-state index in [1.165, 1.54) is 0 Å². The van der Waals surface area contributed by atoms with Crippen molar-refractivity contribution >= 4 is 28.4 Å². The number of nitrogens with zero attached hydrogens (tertiary/aromatic N) is 1. The normalized spacial score (nSPS) is 18.1. The van der Waals surface area contributed by atoms with Crippen molar-refractivity contribution in [2.75, 3.05) is 12.4 Å². The number of fused-ring (bicyclic) bond motifs is 1. The molecular formula is C28H35N3O3. The van der Waals surface area contributed by atoms with Crippen LogP contribution < -0.4 is 10.6 Å². The molecule has 1 saturated carbocycles. The number of hydrogen-bond donors (Lipinski definition) is 2. The molecule has 0 saturated heterocycles. The smallest absolute Gasteiger partial charge is 0.268 e. The van der Waals surface area contributed by atoms with Crippen LogP contribution in [0.15, 0.2) is 54.6 Å². The van der Waals surface area contributed by atoms with Gasteiger partial charge in [-0.25, -0.2) is 0 Å². The van der Waals surface area contributed by atoms with E-state index in [2.05, 4.69) is 22.1 Å². The Morgan fingerprint density at radius 3 is 2.68 bits per heavy atom. The first-order valence-corrected chi connectivity index (χ1v) is 12.4. The molecule has 1 fully saturated rings. The lowest BCUT2D eigenvalue weighted by atomic mass is 9.86.